The van der Waals surface area contributed by atoms with E-state index in [2.05, 4.69) is 25.9 Å². The second-order valence-electron chi connectivity index (χ2n) is 3.61. The molecule has 0 spiro atoms. The molecule has 2 aromatic rings. The second kappa shape index (κ2) is 5.20. The average Bonchev–Trinajstić information content (AvgIpc) is 2.84. The third-order valence-electron chi connectivity index (χ3n) is 2.25. The van der Waals surface area contributed by atoms with Crippen LogP contribution < -0.4 is 5.32 Å². The molecule has 1 aromatic carbocycles. The van der Waals surface area contributed by atoms with Gasteiger partial charge < -0.3 is 5.32 Å². The van der Waals surface area contributed by atoms with E-state index >= 15 is 0 Å². The Hall–Kier alpha value is -2.24. The first-order chi connectivity index (χ1) is 8.29. The quantitative estimate of drug-likeness (QED) is 0.837. The summed E-state index contributed by atoms with van der Waals surface area (Å²) < 4.78 is 0. The van der Waals surface area contributed by atoms with Crippen molar-refractivity contribution in [3.8, 4) is 11.4 Å². The van der Waals surface area contributed by atoms with Crippen LogP contribution in [0.4, 0.5) is 5.69 Å². The van der Waals surface area contributed by atoms with Gasteiger partial charge in [0.1, 0.15) is 0 Å². The number of hydrogen-bond donors (Lipinski definition) is 2. The predicted molar refractivity (Wildman–Crippen MR) is 63.2 cm³/mol. The molecule has 6 nitrogen and oxygen atoms in total. The zero-order valence-corrected chi connectivity index (χ0v) is 9.47. The lowest BCUT2D eigenvalue weighted by molar-refractivity contribution is -0.116. The Morgan fingerprint density at radius 1 is 1.35 bits per heavy atom. The molecular weight excluding hydrogens is 218 g/mol. The highest BCUT2D eigenvalue weighted by Gasteiger charge is 2.04. The summed E-state index contributed by atoms with van der Waals surface area (Å²) in [5.74, 6) is 0.566. The van der Waals surface area contributed by atoms with Crippen molar-refractivity contribution in [3.63, 3.8) is 0 Å². The third-order valence-corrected chi connectivity index (χ3v) is 2.25. The van der Waals surface area contributed by atoms with Gasteiger partial charge in [-0.25, -0.2) is 0 Å². The molecule has 6 heteroatoms. The number of carbonyl (C=O) groups is 1. The van der Waals surface area contributed by atoms with E-state index in [0.29, 0.717) is 12.2 Å². The molecule has 0 saturated heterocycles. The number of aromatic amines is 1. The average molecular weight is 231 g/mol. The molecule has 0 aliphatic rings. The minimum atomic E-state index is 0.0276. The van der Waals surface area contributed by atoms with Crippen molar-refractivity contribution in [1.29, 1.82) is 0 Å². The molecule has 1 aromatic heterocycles. The van der Waals surface area contributed by atoms with Crippen LogP contribution in [0, 0.1) is 0 Å². The number of nitrogens with one attached hydrogen (secondary N) is 2. The minimum absolute atomic E-state index is 0.0276. The fraction of sp³-hybridized carbons (Fsp3) is 0.273. The van der Waals surface area contributed by atoms with Crippen LogP contribution in [0.1, 0.15) is 19.8 Å². The van der Waals surface area contributed by atoms with Gasteiger partial charge in [-0.15, -0.1) is 10.2 Å². The SMILES string of the molecule is CCCC(=O)Nc1ccc(-c2nn[nH]n2)cc1. The van der Waals surface area contributed by atoms with Crippen molar-refractivity contribution in [2.75, 3.05) is 5.32 Å². The van der Waals surface area contributed by atoms with Gasteiger partial charge in [0.2, 0.25) is 11.7 Å². The van der Waals surface area contributed by atoms with Gasteiger partial charge >= 0.3 is 0 Å². The first-order valence-electron chi connectivity index (χ1n) is 5.43. The number of benzene rings is 1. The monoisotopic (exact) mass is 231 g/mol. The summed E-state index contributed by atoms with van der Waals surface area (Å²) in [5, 5.41) is 16.4. The largest absolute Gasteiger partial charge is 0.326 e. The molecule has 0 atom stereocenters. The highest BCUT2D eigenvalue weighted by Crippen LogP contribution is 2.16. The van der Waals surface area contributed by atoms with E-state index in [1.165, 1.54) is 0 Å². The van der Waals surface area contributed by atoms with Gasteiger partial charge in [0, 0.05) is 17.7 Å². The molecular formula is C11H13N5O. The first kappa shape index (κ1) is 11.3. The number of aromatic nitrogens is 4. The predicted octanol–water partition coefficient (Wildman–Crippen LogP) is 1.61. The van der Waals surface area contributed by atoms with Crippen LogP contribution in [-0.2, 0) is 4.79 Å². The van der Waals surface area contributed by atoms with Crippen LogP contribution >= 0.6 is 0 Å². The Morgan fingerprint density at radius 2 is 2.12 bits per heavy atom. The second-order valence-corrected chi connectivity index (χ2v) is 3.61. The summed E-state index contributed by atoms with van der Waals surface area (Å²) >= 11 is 0. The first-order valence-corrected chi connectivity index (χ1v) is 5.43. The number of H-pyrrole nitrogens is 1. The van der Waals surface area contributed by atoms with E-state index in [4.69, 9.17) is 0 Å². The number of carbonyl (C=O) groups excluding carboxylic acids is 1. The lowest BCUT2D eigenvalue weighted by atomic mass is 10.2. The highest BCUT2D eigenvalue weighted by molar-refractivity contribution is 5.90. The van der Waals surface area contributed by atoms with Crippen LogP contribution in [0.3, 0.4) is 0 Å². The minimum Gasteiger partial charge on any atom is -0.326 e. The topological polar surface area (TPSA) is 83.6 Å². The Kier molecular flexibility index (Phi) is 3.44. The molecule has 0 bridgehead atoms. The van der Waals surface area contributed by atoms with Crippen LogP contribution in [0.2, 0.25) is 0 Å². The lowest BCUT2D eigenvalue weighted by Crippen LogP contribution is -2.10. The highest BCUT2D eigenvalue weighted by atomic mass is 16.1. The molecule has 17 heavy (non-hydrogen) atoms. The summed E-state index contributed by atoms with van der Waals surface area (Å²) in [6.45, 7) is 1.97. The Labute approximate surface area is 98.4 Å². The van der Waals surface area contributed by atoms with Gasteiger partial charge in [-0.2, -0.15) is 5.21 Å². The Morgan fingerprint density at radius 3 is 2.71 bits per heavy atom. The van der Waals surface area contributed by atoms with Crippen molar-refractivity contribution in [3.05, 3.63) is 24.3 Å². The van der Waals surface area contributed by atoms with E-state index in [1.807, 2.05) is 31.2 Å². The van der Waals surface area contributed by atoms with Crippen molar-refractivity contribution >= 4 is 11.6 Å². The lowest BCUT2D eigenvalue weighted by Gasteiger charge is -2.04. The summed E-state index contributed by atoms with van der Waals surface area (Å²) in [6, 6.07) is 7.32. The van der Waals surface area contributed by atoms with Crippen molar-refractivity contribution in [2.24, 2.45) is 0 Å². The molecule has 2 N–H and O–H groups in total. The van der Waals surface area contributed by atoms with E-state index < -0.39 is 0 Å². The molecule has 0 aliphatic heterocycles. The number of rotatable bonds is 4. The molecule has 0 unspecified atom stereocenters. The van der Waals surface area contributed by atoms with E-state index in [1.54, 1.807) is 0 Å². The summed E-state index contributed by atoms with van der Waals surface area (Å²) in [4.78, 5) is 11.4. The van der Waals surface area contributed by atoms with Crippen molar-refractivity contribution in [2.45, 2.75) is 19.8 Å². The normalized spacial score (nSPS) is 10.2. The van der Waals surface area contributed by atoms with Crippen molar-refractivity contribution < 1.29 is 4.79 Å². The van der Waals surface area contributed by atoms with Gasteiger partial charge in [-0.1, -0.05) is 6.92 Å². The van der Waals surface area contributed by atoms with Crippen molar-refractivity contribution in [1.82, 2.24) is 20.6 Å². The maximum atomic E-state index is 11.4. The summed E-state index contributed by atoms with van der Waals surface area (Å²) in [5.41, 5.74) is 1.63. The van der Waals surface area contributed by atoms with Gasteiger partial charge in [0.25, 0.3) is 0 Å². The Bertz CT molecular complexity index is 477. The van der Waals surface area contributed by atoms with Crippen LogP contribution in [0.5, 0.6) is 0 Å². The number of hydrogen-bond acceptors (Lipinski definition) is 4. The maximum absolute atomic E-state index is 11.4. The molecule has 0 fully saturated rings. The molecule has 0 radical (unpaired) electrons. The molecule has 0 aliphatic carbocycles. The van der Waals surface area contributed by atoms with Gasteiger partial charge in [-0.05, 0) is 35.9 Å². The molecule has 1 amide bonds. The van der Waals surface area contributed by atoms with Gasteiger partial charge in [0.15, 0.2) is 0 Å². The summed E-state index contributed by atoms with van der Waals surface area (Å²) in [6.07, 6.45) is 1.37. The smallest absolute Gasteiger partial charge is 0.224 e. The fourth-order valence-electron chi connectivity index (χ4n) is 1.44. The maximum Gasteiger partial charge on any atom is 0.224 e. The standard InChI is InChI=1S/C11H13N5O/c1-2-3-10(17)12-9-6-4-8(5-7-9)11-13-15-16-14-11/h4-7H,2-3H2,1H3,(H,12,17)(H,13,14,15,16). The summed E-state index contributed by atoms with van der Waals surface area (Å²) in [7, 11) is 0. The third kappa shape index (κ3) is 2.87. The van der Waals surface area contributed by atoms with E-state index in [0.717, 1.165) is 17.7 Å². The number of anilines is 1. The number of tetrazole rings is 1. The number of nitrogens with zero attached hydrogens (tertiary/aromatic N) is 3. The van der Waals surface area contributed by atoms with Gasteiger partial charge in [0.05, 0.1) is 0 Å². The van der Waals surface area contributed by atoms with Crippen LogP contribution in [-0.4, -0.2) is 26.5 Å². The molecule has 0 saturated carbocycles. The van der Waals surface area contributed by atoms with Crippen LogP contribution in [0.25, 0.3) is 11.4 Å². The zero-order chi connectivity index (χ0) is 12.1. The fourth-order valence-corrected chi connectivity index (χ4v) is 1.44. The zero-order valence-electron chi connectivity index (χ0n) is 9.47. The van der Waals surface area contributed by atoms with Gasteiger partial charge in [-0.3, -0.25) is 4.79 Å². The molecule has 1 heterocycles. The van der Waals surface area contributed by atoms with Crippen LogP contribution in [0.15, 0.2) is 24.3 Å². The molecule has 2 rings (SSSR count). The molecule has 88 valence electrons. The number of amides is 1. The van der Waals surface area contributed by atoms with E-state index in [-0.39, 0.29) is 5.91 Å². The Balaban J connectivity index is 2.06. The van der Waals surface area contributed by atoms with E-state index in [9.17, 15) is 4.79 Å².